The molecule has 1 aromatic carbocycles. The van der Waals surface area contributed by atoms with Gasteiger partial charge in [-0.25, -0.2) is 5.84 Å². The molecule has 0 radical (unpaired) electrons. The average Bonchev–Trinajstić information content (AvgIpc) is 2.87. The van der Waals surface area contributed by atoms with E-state index >= 15 is 0 Å². The second-order valence-electron chi connectivity index (χ2n) is 3.71. The summed E-state index contributed by atoms with van der Waals surface area (Å²) in [5, 5.41) is 0.607. The summed E-state index contributed by atoms with van der Waals surface area (Å²) in [5.74, 6) is 5.70. The fraction of sp³-hybridized carbons (Fsp3) is 0.0833. The van der Waals surface area contributed by atoms with Crippen molar-refractivity contribution in [1.29, 1.82) is 0 Å². The molecular formula is C12H12ClN3O2S. The normalized spacial score (nSPS) is 10.4. The number of rotatable bonds is 4. The monoisotopic (exact) mass is 297 g/mol. The minimum Gasteiger partial charge on any atom is -0.468 e. The first-order valence-corrected chi connectivity index (χ1v) is 6.73. The Morgan fingerprint density at radius 2 is 2.21 bits per heavy atom. The summed E-state index contributed by atoms with van der Waals surface area (Å²) in [4.78, 5) is 12.3. The van der Waals surface area contributed by atoms with E-state index in [1.54, 1.807) is 24.3 Å². The van der Waals surface area contributed by atoms with Crippen LogP contribution in [0.2, 0.25) is 5.02 Å². The third-order valence-electron chi connectivity index (χ3n) is 2.44. The molecule has 0 aliphatic rings. The zero-order valence-corrected chi connectivity index (χ0v) is 11.4. The molecule has 0 aliphatic carbocycles. The van der Waals surface area contributed by atoms with E-state index in [9.17, 15) is 4.79 Å². The maximum absolute atomic E-state index is 11.5. The number of nitrogens with two attached hydrogens (primary N) is 2. The maximum atomic E-state index is 11.5. The molecule has 5 nitrogen and oxygen atoms in total. The van der Waals surface area contributed by atoms with E-state index in [-0.39, 0.29) is 5.91 Å². The molecule has 100 valence electrons. The predicted octanol–water partition coefficient (Wildman–Crippen LogP) is 2.41. The van der Waals surface area contributed by atoms with Gasteiger partial charge in [-0.2, -0.15) is 0 Å². The second kappa shape index (κ2) is 6.01. The van der Waals surface area contributed by atoms with Gasteiger partial charge in [0.1, 0.15) is 5.76 Å². The number of anilines is 1. The zero-order chi connectivity index (χ0) is 13.8. The van der Waals surface area contributed by atoms with Gasteiger partial charge in [0.2, 0.25) is 0 Å². The van der Waals surface area contributed by atoms with Gasteiger partial charge in [0.25, 0.3) is 5.91 Å². The quantitative estimate of drug-likeness (QED) is 0.265. The Hall–Kier alpha value is -1.63. The van der Waals surface area contributed by atoms with E-state index in [1.807, 2.05) is 0 Å². The van der Waals surface area contributed by atoms with Gasteiger partial charge in [-0.05, 0) is 24.3 Å². The highest BCUT2D eigenvalue weighted by molar-refractivity contribution is 7.98. The van der Waals surface area contributed by atoms with Crippen molar-refractivity contribution in [2.75, 3.05) is 5.73 Å². The highest BCUT2D eigenvalue weighted by Crippen LogP contribution is 2.32. The van der Waals surface area contributed by atoms with Crippen LogP contribution in [0.4, 0.5) is 5.69 Å². The third-order valence-corrected chi connectivity index (χ3v) is 3.93. The van der Waals surface area contributed by atoms with Gasteiger partial charge in [0, 0.05) is 10.6 Å². The van der Waals surface area contributed by atoms with Crippen LogP contribution >= 0.6 is 23.4 Å². The van der Waals surface area contributed by atoms with Crippen molar-refractivity contribution in [2.45, 2.75) is 10.6 Å². The third kappa shape index (κ3) is 3.23. The Morgan fingerprint density at radius 3 is 2.95 bits per heavy atom. The minimum atomic E-state index is -0.386. The molecule has 0 saturated heterocycles. The van der Waals surface area contributed by atoms with E-state index < -0.39 is 0 Å². The van der Waals surface area contributed by atoms with E-state index in [0.29, 0.717) is 27.8 Å². The number of furan rings is 1. The van der Waals surface area contributed by atoms with E-state index in [4.69, 9.17) is 27.6 Å². The first kappa shape index (κ1) is 13.8. The molecule has 2 rings (SSSR count). The molecule has 1 aromatic heterocycles. The molecule has 0 unspecified atom stereocenters. The number of benzene rings is 1. The highest BCUT2D eigenvalue weighted by Gasteiger charge is 2.14. The van der Waals surface area contributed by atoms with Gasteiger partial charge in [0.15, 0.2) is 0 Å². The van der Waals surface area contributed by atoms with Crippen LogP contribution in [0.5, 0.6) is 0 Å². The van der Waals surface area contributed by atoms with Crippen LogP contribution in [0.25, 0.3) is 0 Å². The van der Waals surface area contributed by atoms with Crippen LogP contribution in [0.1, 0.15) is 16.1 Å². The first-order chi connectivity index (χ1) is 9.11. The summed E-state index contributed by atoms with van der Waals surface area (Å²) in [6.07, 6.45) is 1.45. The highest BCUT2D eigenvalue weighted by atomic mass is 35.5. The average molecular weight is 298 g/mol. The number of amides is 1. The fourth-order valence-corrected chi connectivity index (χ4v) is 2.72. The van der Waals surface area contributed by atoms with Gasteiger partial charge in [-0.15, -0.1) is 11.8 Å². The number of nitrogens with one attached hydrogen (secondary N) is 1. The van der Waals surface area contributed by atoms with Crippen LogP contribution in [0.15, 0.2) is 39.8 Å². The van der Waals surface area contributed by atoms with Crippen molar-refractivity contribution >= 4 is 35.0 Å². The Morgan fingerprint density at radius 1 is 1.42 bits per heavy atom. The summed E-state index contributed by atoms with van der Waals surface area (Å²) < 4.78 is 5.27. The molecule has 2 aromatic rings. The molecule has 0 atom stereocenters. The predicted molar refractivity (Wildman–Crippen MR) is 75.8 cm³/mol. The summed E-state index contributed by atoms with van der Waals surface area (Å²) in [5.41, 5.74) is 8.82. The van der Waals surface area contributed by atoms with E-state index in [1.165, 1.54) is 18.0 Å². The lowest BCUT2D eigenvalue weighted by Gasteiger charge is -2.05. The number of halogens is 1. The van der Waals surface area contributed by atoms with Gasteiger partial charge < -0.3 is 10.2 Å². The summed E-state index contributed by atoms with van der Waals surface area (Å²) >= 11 is 7.49. The van der Waals surface area contributed by atoms with Gasteiger partial charge >= 0.3 is 0 Å². The van der Waals surface area contributed by atoms with Crippen molar-refractivity contribution < 1.29 is 9.21 Å². The number of hydrazine groups is 1. The summed E-state index contributed by atoms with van der Waals surface area (Å²) in [6, 6.07) is 6.80. The van der Waals surface area contributed by atoms with Gasteiger partial charge in [0.05, 0.1) is 22.6 Å². The Balaban J connectivity index is 2.13. The number of carbonyl (C=O) groups is 1. The molecule has 1 amide bonds. The zero-order valence-electron chi connectivity index (χ0n) is 9.85. The summed E-state index contributed by atoms with van der Waals surface area (Å²) in [7, 11) is 0. The van der Waals surface area contributed by atoms with Crippen molar-refractivity contribution in [3.05, 3.63) is 46.9 Å². The Kier molecular flexibility index (Phi) is 4.36. The number of hydrogen-bond acceptors (Lipinski definition) is 5. The summed E-state index contributed by atoms with van der Waals surface area (Å²) in [6.45, 7) is 0. The molecule has 7 heteroatoms. The lowest BCUT2D eigenvalue weighted by Crippen LogP contribution is -2.30. The standard InChI is InChI=1S/C12H12ClN3O2S/c13-9-2-1-7(14)5-11(9)19-6-10-8(3-4-18-10)12(17)16-15/h1-5H,6,14-15H2,(H,16,17). The lowest BCUT2D eigenvalue weighted by molar-refractivity contribution is 0.0952. The number of nitrogen functional groups attached to an aromatic ring is 2. The Labute approximate surface area is 119 Å². The van der Waals surface area contributed by atoms with Gasteiger partial charge in [-0.1, -0.05) is 11.6 Å². The largest absolute Gasteiger partial charge is 0.468 e. The van der Waals surface area contributed by atoms with Crippen LogP contribution < -0.4 is 17.0 Å². The molecule has 0 aliphatic heterocycles. The SMILES string of the molecule is NNC(=O)c1ccoc1CSc1cc(N)ccc1Cl. The smallest absolute Gasteiger partial charge is 0.268 e. The molecule has 0 fully saturated rings. The number of hydrogen-bond donors (Lipinski definition) is 3. The second-order valence-corrected chi connectivity index (χ2v) is 5.13. The van der Waals surface area contributed by atoms with Crippen LogP contribution in [0, 0.1) is 0 Å². The van der Waals surface area contributed by atoms with Gasteiger partial charge in [-0.3, -0.25) is 10.2 Å². The number of carbonyl (C=O) groups excluding carboxylic acids is 1. The van der Waals surface area contributed by atoms with Crippen molar-refractivity contribution in [1.82, 2.24) is 5.43 Å². The molecule has 0 saturated carbocycles. The van der Waals surface area contributed by atoms with E-state index in [0.717, 1.165) is 4.90 Å². The van der Waals surface area contributed by atoms with E-state index in [2.05, 4.69) is 5.43 Å². The van der Waals surface area contributed by atoms with Crippen LogP contribution in [0.3, 0.4) is 0 Å². The first-order valence-electron chi connectivity index (χ1n) is 5.37. The Bertz CT molecular complexity index is 600. The molecule has 0 spiro atoms. The molecular weight excluding hydrogens is 286 g/mol. The molecule has 1 heterocycles. The minimum absolute atomic E-state index is 0.386. The molecule has 19 heavy (non-hydrogen) atoms. The number of thioether (sulfide) groups is 1. The van der Waals surface area contributed by atoms with Crippen LogP contribution in [-0.4, -0.2) is 5.91 Å². The fourth-order valence-electron chi connectivity index (χ4n) is 1.51. The van der Waals surface area contributed by atoms with Crippen LogP contribution in [-0.2, 0) is 5.75 Å². The van der Waals surface area contributed by atoms with Crippen molar-refractivity contribution in [3.8, 4) is 0 Å². The molecule has 0 bridgehead atoms. The maximum Gasteiger partial charge on any atom is 0.268 e. The van der Waals surface area contributed by atoms with Crippen molar-refractivity contribution in [3.63, 3.8) is 0 Å². The topological polar surface area (TPSA) is 94.3 Å². The lowest BCUT2D eigenvalue weighted by atomic mass is 10.2. The van der Waals surface area contributed by atoms with Crippen molar-refractivity contribution in [2.24, 2.45) is 5.84 Å². The molecule has 5 N–H and O–H groups in total.